The molecule has 0 bridgehead atoms. The van der Waals surface area contributed by atoms with Crippen molar-refractivity contribution < 1.29 is 5.21 Å². The molecule has 0 aliphatic heterocycles. The van der Waals surface area contributed by atoms with Crippen molar-refractivity contribution in [3.8, 4) is 0 Å². The second-order valence-corrected chi connectivity index (χ2v) is 9.78. The quantitative estimate of drug-likeness (QED) is 0.557. The first-order chi connectivity index (χ1) is 12.6. The third-order valence-corrected chi connectivity index (χ3v) is 8.96. The molecule has 3 fully saturated rings. The maximum atomic E-state index is 9.25. The number of hydrogen-bond donors (Lipinski definition) is 1. The lowest BCUT2D eigenvalue weighted by molar-refractivity contribution is -0.0845. The van der Waals surface area contributed by atoms with Crippen molar-refractivity contribution in [1.82, 2.24) is 9.55 Å². The van der Waals surface area contributed by atoms with Crippen molar-refractivity contribution in [3.05, 3.63) is 24.8 Å². The number of oxime groups is 1. The Labute approximate surface area is 156 Å². The van der Waals surface area contributed by atoms with Crippen molar-refractivity contribution in [2.45, 2.75) is 65.2 Å². The summed E-state index contributed by atoms with van der Waals surface area (Å²) in [5, 5.41) is 12.8. The zero-order chi connectivity index (χ0) is 17.9. The number of aromatic nitrogens is 2. The minimum Gasteiger partial charge on any atom is -0.411 e. The van der Waals surface area contributed by atoms with Gasteiger partial charge in [-0.3, -0.25) is 0 Å². The third-order valence-electron chi connectivity index (χ3n) is 8.96. The fourth-order valence-corrected chi connectivity index (χ4v) is 7.50. The van der Waals surface area contributed by atoms with Crippen LogP contribution in [0.3, 0.4) is 0 Å². The zero-order valence-corrected chi connectivity index (χ0v) is 16.1. The van der Waals surface area contributed by atoms with Gasteiger partial charge in [-0.1, -0.05) is 25.1 Å². The number of nitrogens with zero attached hydrogens (tertiary/aromatic N) is 3. The van der Waals surface area contributed by atoms with Gasteiger partial charge in [0.15, 0.2) is 0 Å². The van der Waals surface area contributed by atoms with Crippen molar-refractivity contribution in [1.29, 1.82) is 0 Å². The molecule has 0 radical (unpaired) electrons. The Kier molecular flexibility index (Phi) is 3.64. The zero-order valence-electron chi connectivity index (χ0n) is 16.1. The predicted molar refractivity (Wildman–Crippen MR) is 103 cm³/mol. The van der Waals surface area contributed by atoms with E-state index >= 15 is 0 Å². The van der Waals surface area contributed by atoms with E-state index in [9.17, 15) is 5.21 Å². The van der Waals surface area contributed by atoms with Gasteiger partial charge in [-0.25, -0.2) is 4.98 Å². The molecule has 0 unspecified atom stereocenters. The summed E-state index contributed by atoms with van der Waals surface area (Å²) in [4.78, 5) is 4.29. The molecule has 0 saturated heterocycles. The number of hydrogen-bond acceptors (Lipinski definition) is 3. The van der Waals surface area contributed by atoms with Gasteiger partial charge in [-0.2, -0.15) is 0 Å². The second kappa shape index (κ2) is 5.71. The highest BCUT2D eigenvalue weighted by molar-refractivity contribution is 5.85. The first-order valence-corrected chi connectivity index (χ1v) is 10.4. The molecule has 0 spiro atoms. The highest BCUT2D eigenvalue weighted by Gasteiger charge is 2.58. The van der Waals surface area contributed by atoms with Gasteiger partial charge in [-0.15, -0.1) is 0 Å². The summed E-state index contributed by atoms with van der Waals surface area (Å²) in [6, 6.07) is 0. The number of allylic oxidation sites excluding steroid dienone is 2. The van der Waals surface area contributed by atoms with E-state index < -0.39 is 0 Å². The first kappa shape index (κ1) is 16.6. The van der Waals surface area contributed by atoms with E-state index in [1.54, 1.807) is 0 Å². The molecule has 26 heavy (non-hydrogen) atoms. The van der Waals surface area contributed by atoms with Crippen molar-refractivity contribution in [2.24, 2.45) is 39.7 Å². The molecule has 3 saturated carbocycles. The van der Waals surface area contributed by atoms with Gasteiger partial charge in [0, 0.05) is 23.5 Å². The minimum absolute atomic E-state index is 0.303. The van der Waals surface area contributed by atoms with Gasteiger partial charge in [-0.05, 0) is 80.5 Å². The van der Waals surface area contributed by atoms with E-state index in [2.05, 4.69) is 40.8 Å². The van der Waals surface area contributed by atoms with E-state index in [1.165, 1.54) is 44.2 Å². The monoisotopic (exact) mass is 353 g/mol. The van der Waals surface area contributed by atoms with Crippen LogP contribution in [0.15, 0.2) is 30.0 Å². The van der Waals surface area contributed by atoms with Crippen LogP contribution in [0.1, 0.15) is 65.2 Å². The Morgan fingerprint density at radius 3 is 2.85 bits per heavy atom. The highest BCUT2D eigenvalue weighted by atomic mass is 16.4. The van der Waals surface area contributed by atoms with E-state index in [0.29, 0.717) is 10.8 Å². The smallest absolute Gasteiger partial charge is 0.0989 e. The van der Waals surface area contributed by atoms with Crippen LogP contribution in [0.4, 0.5) is 0 Å². The van der Waals surface area contributed by atoms with Crippen LogP contribution < -0.4 is 0 Å². The number of imidazole rings is 1. The second-order valence-electron chi connectivity index (χ2n) is 9.78. The Morgan fingerprint density at radius 1 is 1.19 bits per heavy atom. The third kappa shape index (κ3) is 2.13. The van der Waals surface area contributed by atoms with Gasteiger partial charge < -0.3 is 9.77 Å². The molecule has 4 aliphatic rings. The molecule has 1 N–H and O–H groups in total. The van der Waals surface area contributed by atoms with E-state index in [-0.39, 0.29) is 0 Å². The van der Waals surface area contributed by atoms with E-state index in [4.69, 9.17) is 0 Å². The topological polar surface area (TPSA) is 50.4 Å². The van der Waals surface area contributed by atoms with Crippen molar-refractivity contribution in [2.75, 3.05) is 0 Å². The lowest BCUT2D eigenvalue weighted by atomic mass is 9.45. The molecular weight excluding hydrogens is 322 g/mol. The maximum Gasteiger partial charge on any atom is 0.0989 e. The van der Waals surface area contributed by atoms with Crippen LogP contribution >= 0.6 is 0 Å². The summed E-state index contributed by atoms with van der Waals surface area (Å²) in [5.41, 5.74) is 3.27. The average molecular weight is 354 g/mol. The molecular formula is C22H31N3O. The van der Waals surface area contributed by atoms with E-state index in [1.807, 2.05) is 12.5 Å². The minimum atomic E-state index is 0.303. The lowest BCUT2D eigenvalue weighted by Gasteiger charge is -2.60. The summed E-state index contributed by atoms with van der Waals surface area (Å²) in [5.74, 6) is 3.19. The molecule has 1 aromatic heterocycles. The van der Waals surface area contributed by atoms with Crippen LogP contribution in [0.2, 0.25) is 0 Å². The molecule has 6 atom stereocenters. The van der Waals surface area contributed by atoms with Gasteiger partial charge in [0.2, 0.25) is 0 Å². The molecule has 1 heterocycles. The molecule has 140 valence electrons. The first-order valence-electron chi connectivity index (χ1n) is 10.4. The Balaban J connectivity index is 1.43. The molecule has 4 aliphatic carbocycles. The maximum absolute atomic E-state index is 9.25. The molecule has 1 aromatic rings. The standard InChI is InChI=1S/C22H31N3O/c1-21-9-7-16(24-26)13-15(21)3-4-17-18-5-6-20(25-12-11-23-14-25)22(18,2)10-8-19(17)21/h6,11-12,14-15,17-19,26H,3-5,7-10,13H2,1-2H3/t15-,17-,18-,19-,21-,22-/m0/s1. The fourth-order valence-electron chi connectivity index (χ4n) is 7.50. The fraction of sp³-hybridized carbons (Fsp3) is 0.727. The van der Waals surface area contributed by atoms with E-state index in [0.717, 1.165) is 42.2 Å². The summed E-state index contributed by atoms with van der Waals surface area (Å²) in [7, 11) is 0. The summed E-state index contributed by atoms with van der Waals surface area (Å²) in [6.07, 6.45) is 18.3. The van der Waals surface area contributed by atoms with Crippen LogP contribution in [-0.4, -0.2) is 20.5 Å². The largest absolute Gasteiger partial charge is 0.411 e. The SMILES string of the molecule is C[C@]12CCC(=NO)C[C@@H]1CC[C@@H]1[C@@H]2CC[C@]2(C)C(n3ccnc3)=CC[C@@H]12. The Hall–Kier alpha value is -1.58. The van der Waals surface area contributed by atoms with Gasteiger partial charge in [0.05, 0.1) is 12.0 Å². The van der Waals surface area contributed by atoms with Gasteiger partial charge >= 0.3 is 0 Å². The Morgan fingerprint density at radius 2 is 2.08 bits per heavy atom. The van der Waals surface area contributed by atoms with Crippen LogP contribution in [0, 0.1) is 34.5 Å². The van der Waals surface area contributed by atoms with Gasteiger partial charge in [0.1, 0.15) is 0 Å². The van der Waals surface area contributed by atoms with Crippen LogP contribution in [-0.2, 0) is 0 Å². The van der Waals surface area contributed by atoms with Crippen LogP contribution in [0.5, 0.6) is 0 Å². The summed E-state index contributed by atoms with van der Waals surface area (Å²) >= 11 is 0. The lowest BCUT2D eigenvalue weighted by Crippen LogP contribution is -2.53. The van der Waals surface area contributed by atoms with Crippen molar-refractivity contribution in [3.63, 3.8) is 0 Å². The number of rotatable bonds is 1. The molecule has 4 nitrogen and oxygen atoms in total. The normalized spacial score (nSPS) is 46.4. The molecule has 0 aromatic carbocycles. The molecule has 0 amide bonds. The van der Waals surface area contributed by atoms with Crippen LogP contribution in [0.25, 0.3) is 5.70 Å². The predicted octanol–water partition coefficient (Wildman–Crippen LogP) is 5.21. The Bertz CT molecular complexity index is 751. The number of fused-ring (bicyclic) bond motifs is 5. The summed E-state index contributed by atoms with van der Waals surface area (Å²) < 4.78 is 2.26. The van der Waals surface area contributed by atoms with Crippen molar-refractivity contribution >= 4 is 11.4 Å². The molecule has 5 rings (SSSR count). The average Bonchev–Trinajstić information content (AvgIpc) is 3.27. The summed E-state index contributed by atoms with van der Waals surface area (Å²) in [6.45, 7) is 5.07. The van der Waals surface area contributed by atoms with Gasteiger partial charge in [0.25, 0.3) is 0 Å². The molecule has 4 heteroatoms. The highest BCUT2D eigenvalue weighted by Crippen LogP contribution is 2.66.